The third-order valence-electron chi connectivity index (χ3n) is 6.92. The lowest BCUT2D eigenvalue weighted by Gasteiger charge is -2.52. The third-order valence-corrected chi connectivity index (χ3v) is 6.92. The zero-order chi connectivity index (χ0) is 22.6. The molecule has 2 aliphatic rings. The molecule has 3 atom stereocenters. The van der Waals surface area contributed by atoms with Crippen molar-refractivity contribution >= 4 is 12.0 Å². The number of para-hydroxylation sites is 1. The van der Waals surface area contributed by atoms with Crippen LogP contribution in [-0.2, 0) is 4.79 Å². The number of benzene rings is 2. The number of hydrogen-bond acceptors (Lipinski definition) is 4. The van der Waals surface area contributed by atoms with E-state index in [4.69, 9.17) is 9.47 Å². The monoisotopic (exact) mass is 435 g/mol. The van der Waals surface area contributed by atoms with Crippen LogP contribution in [0.25, 0.3) is 6.08 Å². The molecule has 1 saturated carbocycles. The summed E-state index contributed by atoms with van der Waals surface area (Å²) in [6.07, 6.45) is 7.93. The Kier molecular flexibility index (Phi) is 6.85. The van der Waals surface area contributed by atoms with E-state index in [1.165, 1.54) is 0 Å². The zero-order valence-electron chi connectivity index (χ0n) is 19.0. The predicted octanol–water partition coefficient (Wildman–Crippen LogP) is 5.00. The van der Waals surface area contributed by atoms with E-state index in [0.29, 0.717) is 19.6 Å². The molecule has 32 heavy (non-hydrogen) atoms. The number of methoxy groups -OCH3 is 1. The molecule has 0 radical (unpaired) electrons. The summed E-state index contributed by atoms with van der Waals surface area (Å²) >= 11 is 0. The van der Waals surface area contributed by atoms with E-state index in [0.717, 1.165) is 48.3 Å². The van der Waals surface area contributed by atoms with Gasteiger partial charge >= 0.3 is 0 Å². The minimum atomic E-state index is -0.723. The van der Waals surface area contributed by atoms with Gasteiger partial charge in [-0.15, -0.1) is 0 Å². The van der Waals surface area contributed by atoms with Crippen molar-refractivity contribution in [2.75, 3.05) is 20.3 Å². The summed E-state index contributed by atoms with van der Waals surface area (Å²) in [5, 5.41) is 11.5. The van der Waals surface area contributed by atoms with E-state index < -0.39 is 5.60 Å². The molecule has 1 amide bonds. The molecular weight excluding hydrogens is 402 g/mol. The van der Waals surface area contributed by atoms with Crippen LogP contribution < -0.4 is 9.47 Å². The molecule has 1 aliphatic heterocycles. The maximum Gasteiger partial charge on any atom is 0.247 e. The highest BCUT2D eigenvalue weighted by Crippen LogP contribution is 2.50. The highest BCUT2D eigenvalue weighted by atomic mass is 16.5. The number of aliphatic hydroxyl groups is 1. The van der Waals surface area contributed by atoms with E-state index in [1.807, 2.05) is 66.4 Å². The van der Waals surface area contributed by atoms with E-state index in [9.17, 15) is 9.90 Å². The highest BCUT2D eigenvalue weighted by Gasteiger charge is 2.50. The van der Waals surface area contributed by atoms with Gasteiger partial charge in [0.25, 0.3) is 0 Å². The van der Waals surface area contributed by atoms with E-state index >= 15 is 0 Å². The Labute approximate surface area is 190 Å². The number of nitrogens with zero attached hydrogens (tertiary/aromatic N) is 1. The van der Waals surface area contributed by atoms with Gasteiger partial charge in [-0.25, -0.2) is 0 Å². The van der Waals surface area contributed by atoms with Crippen LogP contribution in [0.3, 0.4) is 0 Å². The summed E-state index contributed by atoms with van der Waals surface area (Å²) in [6, 6.07) is 15.4. The van der Waals surface area contributed by atoms with Crippen LogP contribution in [0.4, 0.5) is 0 Å². The molecule has 2 aromatic carbocycles. The topological polar surface area (TPSA) is 59.0 Å². The minimum absolute atomic E-state index is 0.00458. The fourth-order valence-electron chi connectivity index (χ4n) is 5.30. The van der Waals surface area contributed by atoms with Crippen molar-refractivity contribution in [1.82, 2.24) is 4.90 Å². The van der Waals surface area contributed by atoms with Gasteiger partial charge in [0.15, 0.2) is 0 Å². The maximum absolute atomic E-state index is 13.4. The molecule has 1 heterocycles. The van der Waals surface area contributed by atoms with Gasteiger partial charge in [0, 0.05) is 24.1 Å². The molecular formula is C27H33NO4. The number of carbonyl (C=O) groups is 1. The van der Waals surface area contributed by atoms with E-state index in [-0.39, 0.29) is 17.9 Å². The van der Waals surface area contributed by atoms with E-state index in [2.05, 4.69) is 0 Å². The molecule has 0 bridgehead atoms. The fourth-order valence-corrected chi connectivity index (χ4v) is 5.30. The standard InChI is InChI=1S/C27H33NO4/c1-3-32-24-10-5-4-8-22(24)26-23-9-6-7-17-27(23,30)18-19-28(26)25(29)16-13-20-11-14-21(31-2)15-12-20/h4-5,8,10-16,23,26,30H,3,6-7,9,17-19H2,1-2H3/b16-13+/t23?,26-,27?/m0/s1. The lowest BCUT2D eigenvalue weighted by atomic mass is 9.66. The second-order valence-electron chi connectivity index (χ2n) is 8.76. The first kappa shape index (κ1) is 22.4. The highest BCUT2D eigenvalue weighted by molar-refractivity contribution is 5.92. The molecule has 4 rings (SSSR count). The average Bonchev–Trinajstić information content (AvgIpc) is 2.82. The molecule has 2 unspecified atom stereocenters. The first-order valence-electron chi connectivity index (χ1n) is 11.6. The molecule has 1 N–H and O–H groups in total. The van der Waals surface area contributed by atoms with Crippen LogP contribution in [-0.4, -0.2) is 41.8 Å². The number of ether oxygens (including phenoxy) is 2. The number of carbonyl (C=O) groups excluding carboxylic acids is 1. The quantitative estimate of drug-likeness (QED) is 0.649. The lowest BCUT2D eigenvalue weighted by molar-refractivity contribution is -0.151. The van der Waals surface area contributed by atoms with Gasteiger partial charge in [-0.1, -0.05) is 43.2 Å². The molecule has 2 aromatic rings. The number of amides is 1. The Balaban J connectivity index is 1.66. The number of hydrogen-bond donors (Lipinski definition) is 1. The summed E-state index contributed by atoms with van der Waals surface area (Å²) in [5.41, 5.74) is 1.21. The van der Waals surface area contributed by atoms with Crippen LogP contribution in [0.1, 0.15) is 56.2 Å². The summed E-state index contributed by atoms with van der Waals surface area (Å²) in [7, 11) is 1.64. The first-order valence-corrected chi connectivity index (χ1v) is 11.6. The van der Waals surface area contributed by atoms with Crippen molar-refractivity contribution in [3.63, 3.8) is 0 Å². The second kappa shape index (κ2) is 9.78. The van der Waals surface area contributed by atoms with Crippen molar-refractivity contribution < 1.29 is 19.4 Å². The summed E-state index contributed by atoms with van der Waals surface area (Å²) in [5.74, 6) is 1.55. The molecule has 2 fully saturated rings. The van der Waals surface area contributed by atoms with Gasteiger partial charge in [0.2, 0.25) is 5.91 Å². The maximum atomic E-state index is 13.4. The number of rotatable bonds is 6. The molecule has 0 aromatic heterocycles. The third kappa shape index (κ3) is 4.53. The van der Waals surface area contributed by atoms with Gasteiger partial charge in [-0.3, -0.25) is 4.79 Å². The smallest absolute Gasteiger partial charge is 0.247 e. The summed E-state index contributed by atoms with van der Waals surface area (Å²) in [6.45, 7) is 3.06. The molecule has 1 aliphatic carbocycles. The van der Waals surface area contributed by atoms with Crippen molar-refractivity contribution in [1.29, 1.82) is 0 Å². The molecule has 170 valence electrons. The van der Waals surface area contributed by atoms with Gasteiger partial charge in [-0.05, 0) is 56.0 Å². The van der Waals surface area contributed by atoms with Crippen molar-refractivity contribution in [2.24, 2.45) is 5.92 Å². The predicted molar refractivity (Wildman–Crippen MR) is 126 cm³/mol. The first-order chi connectivity index (χ1) is 15.6. The SMILES string of the molecule is CCOc1ccccc1[C@H]1C2CCCCC2(O)CCN1C(=O)/C=C/c1ccc(OC)cc1. The summed E-state index contributed by atoms with van der Waals surface area (Å²) in [4.78, 5) is 15.4. The van der Waals surface area contributed by atoms with Crippen molar-refractivity contribution in [3.05, 3.63) is 65.7 Å². The average molecular weight is 436 g/mol. The zero-order valence-corrected chi connectivity index (χ0v) is 19.0. The molecule has 1 saturated heterocycles. The molecule has 5 nitrogen and oxygen atoms in total. The lowest BCUT2D eigenvalue weighted by Crippen LogP contribution is -2.56. The molecule has 0 spiro atoms. The van der Waals surface area contributed by atoms with Gasteiger partial charge in [-0.2, -0.15) is 0 Å². The Bertz CT molecular complexity index is 954. The van der Waals surface area contributed by atoms with Crippen LogP contribution in [0.15, 0.2) is 54.6 Å². The number of likely N-dealkylation sites (tertiary alicyclic amines) is 1. The van der Waals surface area contributed by atoms with Gasteiger partial charge < -0.3 is 19.5 Å². The fraction of sp³-hybridized carbons (Fsp3) is 0.444. The Hall–Kier alpha value is -2.79. The van der Waals surface area contributed by atoms with Crippen LogP contribution in [0.2, 0.25) is 0 Å². The van der Waals surface area contributed by atoms with E-state index in [1.54, 1.807) is 13.2 Å². The largest absolute Gasteiger partial charge is 0.497 e. The Morgan fingerprint density at radius 1 is 1.16 bits per heavy atom. The van der Waals surface area contributed by atoms with Crippen molar-refractivity contribution in [3.8, 4) is 11.5 Å². The van der Waals surface area contributed by atoms with Crippen LogP contribution >= 0.6 is 0 Å². The molecule has 5 heteroatoms. The Morgan fingerprint density at radius 3 is 2.69 bits per heavy atom. The minimum Gasteiger partial charge on any atom is -0.497 e. The van der Waals surface area contributed by atoms with Crippen LogP contribution in [0.5, 0.6) is 11.5 Å². The van der Waals surface area contributed by atoms with Crippen molar-refractivity contribution in [2.45, 2.75) is 50.7 Å². The Morgan fingerprint density at radius 2 is 1.94 bits per heavy atom. The normalized spacial score (nSPS) is 25.4. The van der Waals surface area contributed by atoms with Gasteiger partial charge in [0.05, 0.1) is 25.4 Å². The number of piperidine rings is 1. The van der Waals surface area contributed by atoms with Crippen LogP contribution in [0, 0.1) is 5.92 Å². The second-order valence-corrected chi connectivity index (χ2v) is 8.76. The van der Waals surface area contributed by atoms with Gasteiger partial charge in [0.1, 0.15) is 11.5 Å². The number of fused-ring (bicyclic) bond motifs is 1. The summed E-state index contributed by atoms with van der Waals surface area (Å²) < 4.78 is 11.1.